The summed E-state index contributed by atoms with van der Waals surface area (Å²) in [6, 6.07) is 4.24. The van der Waals surface area contributed by atoms with Gasteiger partial charge in [0.05, 0.1) is 7.11 Å². The molecular formula is C20H29FN4O3. The number of nitrogens with zero attached hydrogens (tertiary/aromatic N) is 2. The van der Waals surface area contributed by atoms with Crippen LogP contribution in [0.1, 0.15) is 33.3 Å². The summed E-state index contributed by atoms with van der Waals surface area (Å²) >= 11 is 0. The Morgan fingerprint density at radius 2 is 1.89 bits per heavy atom. The van der Waals surface area contributed by atoms with Gasteiger partial charge in [0.2, 0.25) is 0 Å². The van der Waals surface area contributed by atoms with Gasteiger partial charge < -0.3 is 15.4 Å². The van der Waals surface area contributed by atoms with E-state index in [0.29, 0.717) is 24.4 Å². The van der Waals surface area contributed by atoms with Crippen LogP contribution in [0.3, 0.4) is 0 Å². The number of aromatic amines is 1. The number of H-pyrrole nitrogens is 1. The molecule has 0 unspecified atom stereocenters. The molecule has 0 atom stereocenters. The van der Waals surface area contributed by atoms with Crippen LogP contribution in [0.4, 0.5) is 15.9 Å². The van der Waals surface area contributed by atoms with E-state index in [4.69, 9.17) is 10.5 Å². The first-order valence-electron chi connectivity index (χ1n) is 9.34. The number of methoxy groups -OCH3 is 1. The lowest BCUT2D eigenvalue weighted by molar-refractivity contribution is 0.407. The Bertz CT molecular complexity index is 934. The number of ether oxygens (including phenoxy) is 1. The molecule has 0 radical (unpaired) electrons. The molecule has 0 amide bonds. The number of hydrogen-bond donors (Lipinski definition) is 2. The van der Waals surface area contributed by atoms with Crippen LogP contribution >= 0.6 is 0 Å². The second-order valence-corrected chi connectivity index (χ2v) is 7.73. The normalized spacial score (nSPS) is 11.3. The van der Waals surface area contributed by atoms with E-state index in [2.05, 4.69) is 4.98 Å². The zero-order chi connectivity index (χ0) is 21.0. The van der Waals surface area contributed by atoms with E-state index in [-0.39, 0.29) is 29.9 Å². The van der Waals surface area contributed by atoms with Crippen molar-refractivity contribution in [3.63, 3.8) is 0 Å². The number of nitrogens with one attached hydrogen (secondary N) is 1. The maximum absolute atomic E-state index is 13.8. The SMILES string of the molecule is COc1ccc(F)cc1CN(CC(C)C)c1c(N)n(CC(C)C)c(=O)[nH]c1=O. The van der Waals surface area contributed by atoms with Crippen LogP contribution in [0.5, 0.6) is 5.75 Å². The molecule has 1 heterocycles. The van der Waals surface area contributed by atoms with Crippen LogP contribution in [0.2, 0.25) is 0 Å². The highest BCUT2D eigenvalue weighted by molar-refractivity contribution is 5.63. The Morgan fingerprint density at radius 1 is 1.21 bits per heavy atom. The molecule has 1 aromatic carbocycles. The third kappa shape index (κ3) is 4.94. The summed E-state index contributed by atoms with van der Waals surface area (Å²) in [7, 11) is 1.51. The Morgan fingerprint density at radius 3 is 2.46 bits per heavy atom. The van der Waals surface area contributed by atoms with Crippen LogP contribution in [-0.4, -0.2) is 23.2 Å². The van der Waals surface area contributed by atoms with Crippen molar-refractivity contribution in [1.82, 2.24) is 9.55 Å². The largest absolute Gasteiger partial charge is 0.496 e. The second kappa shape index (κ2) is 8.95. The van der Waals surface area contributed by atoms with Crippen LogP contribution in [-0.2, 0) is 13.1 Å². The summed E-state index contributed by atoms with van der Waals surface area (Å²) in [6.45, 7) is 9.02. The van der Waals surface area contributed by atoms with Gasteiger partial charge in [0.15, 0.2) is 0 Å². The summed E-state index contributed by atoms with van der Waals surface area (Å²) in [5.74, 6) is 0.593. The number of nitrogen functional groups attached to an aromatic ring is 1. The van der Waals surface area contributed by atoms with Crippen molar-refractivity contribution >= 4 is 11.5 Å². The van der Waals surface area contributed by atoms with Crippen LogP contribution in [0.15, 0.2) is 27.8 Å². The summed E-state index contributed by atoms with van der Waals surface area (Å²) in [4.78, 5) is 29.0. The van der Waals surface area contributed by atoms with Gasteiger partial charge in [-0.15, -0.1) is 0 Å². The Balaban J connectivity index is 2.59. The van der Waals surface area contributed by atoms with Crippen molar-refractivity contribution in [3.05, 3.63) is 50.4 Å². The maximum atomic E-state index is 13.8. The van der Waals surface area contributed by atoms with E-state index in [9.17, 15) is 14.0 Å². The molecule has 0 spiro atoms. The summed E-state index contributed by atoms with van der Waals surface area (Å²) in [5.41, 5.74) is 5.96. The molecule has 0 fully saturated rings. The van der Waals surface area contributed by atoms with Gasteiger partial charge in [-0.1, -0.05) is 27.7 Å². The first kappa shape index (κ1) is 21.5. The Hall–Kier alpha value is -2.77. The van der Waals surface area contributed by atoms with Crippen molar-refractivity contribution in [2.45, 2.75) is 40.8 Å². The fraction of sp³-hybridized carbons (Fsp3) is 0.500. The van der Waals surface area contributed by atoms with Gasteiger partial charge in [-0.2, -0.15) is 0 Å². The van der Waals surface area contributed by atoms with E-state index in [1.807, 2.05) is 27.7 Å². The number of aromatic nitrogens is 2. The molecular weight excluding hydrogens is 363 g/mol. The number of anilines is 2. The second-order valence-electron chi connectivity index (χ2n) is 7.73. The highest BCUT2D eigenvalue weighted by Crippen LogP contribution is 2.26. The fourth-order valence-electron chi connectivity index (χ4n) is 3.18. The van der Waals surface area contributed by atoms with Crippen molar-refractivity contribution in [3.8, 4) is 5.75 Å². The average molecular weight is 392 g/mol. The van der Waals surface area contributed by atoms with Gasteiger partial charge in [0.1, 0.15) is 23.1 Å². The first-order valence-corrected chi connectivity index (χ1v) is 9.34. The minimum atomic E-state index is -0.557. The predicted octanol–water partition coefficient (Wildman–Crippen LogP) is 2.59. The van der Waals surface area contributed by atoms with Gasteiger partial charge in [-0.05, 0) is 30.0 Å². The third-order valence-corrected chi connectivity index (χ3v) is 4.27. The van der Waals surface area contributed by atoms with Crippen molar-refractivity contribution in [2.24, 2.45) is 11.8 Å². The molecule has 0 bridgehead atoms. The number of hydrogen-bond acceptors (Lipinski definition) is 5. The highest BCUT2D eigenvalue weighted by atomic mass is 19.1. The summed E-state index contributed by atoms with van der Waals surface area (Å²) in [5, 5.41) is 0. The van der Waals surface area contributed by atoms with E-state index in [1.54, 1.807) is 11.0 Å². The minimum Gasteiger partial charge on any atom is -0.496 e. The molecule has 7 nitrogen and oxygen atoms in total. The molecule has 8 heteroatoms. The number of halogens is 1. The molecule has 3 N–H and O–H groups in total. The number of benzene rings is 1. The summed E-state index contributed by atoms with van der Waals surface area (Å²) < 4.78 is 20.5. The van der Waals surface area contributed by atoms with Crippen LogP contribution < -0.4 is 26.6 Å². The lowest BCUT2D eigenvalue weighted by atomic mass is 10.1. The molecule has 154 valence electrons. The van der Waals surface area contributed by atoms with Gasteiger partial charge in [0.25, 0.3) is 5.56 Å². The molecule has 2 aromatic rings. The summed E-state index contributed by atoms with van der Waals surface area (Å²) in [6.07, 6.45) is 0. The number of rotatable bonds is 8. The van der Waals surface area contributed by atoms with Crippen molar-refractivity contribution < 1.29 is 9.13 Å². The van der Waals surface area contributed by atoms with Crippen molar-refractivity contribution in [1.29, 1.82) is 0 Å². The standard InChI is InChI=1S/C20H29FN4O3/c1-12(2)9-24(11-14-8-15(21)6-7-16(14)28-5)17-18(22)25(10-13(3)4)20(27)23-19(17)26/h6-8,12-13H,9-11,22H2,1-5H3,(H,23,26,27). The molecule has 0 saturated carbocycles. The topological polar surface area (TPSA) is 93.3 Å². The maximum Gasteiger partial charge on any atom is 0.330 e. The van der Waals surface area contributed by atoms with Crippen molar-refractivity contribution in [2.75, 3.05) is 24.3 Å². The molecule has 2 rings (SSSR count). The van der Waals surface area contributed by atoms with E-state index in [0.717, 1.165) is 0 Å². The lowest BCUT2D eigenvalue weighted by Crippen LogP contribution is -2.40. The van der Waals surface area contributed by atoms with Gasteiger partial charge in [-0.3, -0.25) is 14.3 Å². The molecule has 0 saturated heterocycles. The minimum absolute atomic E-state index is 0.110. The van der Waals surface area contributed by atoms with E-state index >= 15 is 0 Å². The molecule has 0 aliphatic heterocycles. The molecule has 1 aromatic heterocycles. The smallest absolute Gasteiger partial charge is 0.330 e. The molecule has 0 aliphatic carbocycles. The van der Waals surface area contributed by atoms with E-state index < -0.39 is 17.1 Å². The zero-order valence-electron chi connectivity index (χ0n) is 17.1. The lowest BCUT2D eigenvalue weighted by Gasteiger charge is -2.28. The zero-order valence-corrected chi connectivity index (χ0v) is 17.1. The van der Waals surface area contributed by atoms with Crippen LogP contribution in [0.25, 0.3) is 0 Å². The monoisotopic (exact) mass is 392 g/mol. The van der Waals surface area contributed by atoms with Crippen LogP contribution in [0, 0.1) is 17.7 Å². The Labute approximate surface area is 163 Å². The molecule has 0 aliphatic rings. The quantitative estimate of drug-likeness (QED) is 0.720. The highest BCUT2D eigenvalue weighted by Gasteiger charge is 2.21. The third-order valence-electron chi connectivity index (χ3n) is 4.27. The Kier molecular flexibility index (Phi) is 6.88. The average Bonchev–Trinajstić information content (AvgIpc) is 2.58. The van der Waals surface area contributed by atoms with Gasteiger partial charge in [0, 0.05) is 25.2 Å². The van der Waals surface area contributed by atoms with Gasteiger partial charge in [-0.25, -0.2) is 9.18 Å². The molecule has 28 heavy (non-hydrogen) atoms. The predicted molar refractivity (Wildman–Crippen MR) is 109 cm³/mol. The fourth-order valence-corrected chi connectivity index (χ4v) is 3.18. The van der Waals surface area contributed by atoms with Gasteiger partial charge >= 0.3 is 5.69 Å². The number of nitrogens with two attached hydrogens (primary N) is 1. The first-order chi connectivity index (χ1) is 13.1. The van der Waals surface area contributed by atoms with E-state index in [1.165, 1.54) is 23.8 Å².